The molecular formula is C23H26N2O3. The summed E-state index contributed by atoms with van der Waals surface area (Å²) in [4.78, 5) is 27.4. The molecule has 1 aliphatic heterocycles. The Morgan fingerprint density at radius 3 is 2.71 bits per heavy atom. The second-order valence-corrected chi connectivity index (χ2v) is 7.83. The van der Waals surface area contributed by atoms with Crippen molar-refractivity contribution in [2.75, 3.05) is 23.4 Å². The first-order chi connectivity index (χ1) is 13.2. The number of amides is 2. The molecule has 0 atom stereocenters. The van der Waals surface area contributed by atoms with Gasteiger partial charge in [-0.05, 0) is 57.5 Å². The number of hydrogen-bond acceptors (Lipinski definition) is 3. The molecule has 0 bridgehead atoms. The fraction of sp³-hybridized carbons (Fsp3) is 0.304. The number of aryl methyl sites for hydroxylation is 2. The van der Waals surface area contributed by atoms with Gasteiger partial charge < -0.3 is 15.0 Å². The number of nitrogens with zero attached hydrogens (tertiary/aromatic N) is 1. The molecule has 0 saturated carbocycles. The third-order valence-electron chi connectivity index (χ3n) is 4.87. The van der Waals surface area contributed by atoms with E-state index in [1.54, 1.807) is 29.2 Å². The molecule has 1 N–H and O–H groups in total. The van der Waals surface area contributed by atoms with Gasteiger partial charge in [0.1, 0.15) is 12.4 Å². The molecule has 2 aromatic carbocycles. The van der Waals surface area contributed by atoms with Gasteiger partial charge in [-0.25, -0.2) is 0 Å². The summed E-state index contributed by atoms with van der Waals surface area (Å²) in [5, 5.41) is 2.94. The van der Waals surface area contributed by atoms with Crippen molar-refractivity contribution in [2.24, 2.45) is 5.41 Å². The smallest absolute Gasteiger partial charge is 0.255 e. The highest BCUT2D eigenvalue weighted by Crippen LogP contribution is 2.38. The lowest BCUT2D eigenvalue weighted by Gasteiger charge is -2.27. The van der Waals surface area contributed by atoms with E-state index in [4.69, 9.17) is 4.74 Å². The van der Waals surface area contributed by atoms with E-state index in [0.29, 0.717) is 35.8 Å². The molecule has 1 aliphatic rings. The standard InChI is InChI=1S/C23H26N2O3/c1-6-11-25-19-13-17(9-10-20(19)28-14-23(4,5)22(25)27)24-21(26)18-12-15(2)7-8-16(18)3/h6-10,12-13H,1,11,14H2,2-5H3,(H,24,26). The number of carbonyl (C=O) groups is 2. The minimum absolute atomic E-state index is 0.0378. The summed E-state index contributed by atoms with van der Waals surface area (Å²) in [6.45, 7) is 12.0. The normalized spacial score (nSPS) is 15.3. The van der Waals surface area contributed by atoms with Crippen molar-refractivity contribution in [3.8, 4) is 5.75 Å². The molecule has 2 amide bonds. The number of ether oxygens (including phenoxy) is 1. The Morgan fingerprint density at radius 1 is 1.25 bits per heavy atom. The Labute approximate surface area is 166 Å². The van der Waals surface area contributed by atoms with Crippen LogP contribution in [0.1, 0.15) is 35.3 Å². The fourth-order valence-electron chi connectivity index (χ4n) is 3.21. The van der Waals surface area contributed by atoms with Crippen LogP contribution in [0, 0.1) is 19.3 Å². The minimum Gasteiger partial charge on any atom is -0.490 e. The maximum atomic E-state index is 13.0. The number of anilines is 2. The lowest BCUT2D eigenvalue weighted by atomic mass is 9.93. The van der Waals surface area contributed by atoms with Crippen LogP contribution < -0.4 is 15.0 Å². The Morgan fingerprint density at radius 2 is 2.00 bits per heavy atom. The van der Waals surface area contributed by atoms with Crippen molar-refractivity contribution in [3.05, 3.63) is 65.7 Å². The van der Waals surface area contributed by atoms with Crippen molar-refractivity contribution in [1.82, 2.24) is 0 Å². The molecule has 2 aromatic rings. The zero-order chi connectivity index (χ0) is 20.5. The number of hydrogen-bond donors (Lipinski definition) is 1. The van der Waals surface area contributed by atoms with Crippen molar-refractivity contribution in [3.63, 3.8) is 0 Å². The summed E-state index contributed by atoms with van der Waals surface area (Å²) >= 11 is 0. The van der Waals surface area contributed by atoms with Gasteiger partial charge >= 0.3 is 0 Å². The first kappa shape index (κ1) is 19.7. The summed E-state index contributed by atoms with van der Waals surface area (Å²) in [5.74, 6) is 0.396. The van der Waals surface area contributed by atoms with Gasteiger partial charge in [0.15, 0.2) is 0 Å². The van der Waals surface area contributed by atoms with E-state index in [2.05, 4.69) is 11.9 Å². The summed E-state index contributed by atoms with van der Waals surface area (Å²) < 4.78 is 5.88. The van der Waals surface area contributed by atoms with E-state index >= 15 is 0 Å². The zero-order valence-electron chi connectivity index (χ0n) is 16.8. The number of fused-ring (bicyclic) bond motifs is 1. The Balaban J connectivity index is 1.95. The molecule has 0 unspecified atom stereocenters. The molecule has 0 aliphatic carbocycles. The van der Waals surface area contributed by atoms with Gasteiger partial charge in [0.2, 0.25) is 5.91 Å². The van der Waals surface area contributed by atoms with Gasteiger partial charge in [0.05, 0.1) is 11.1 Å². The molecule has 0 radical (unpaired) electrons. The first-order valence-corrected chi connectivity index (χ1v) is 9.31. The third-order valence-corrected chi connectivity index (χ3v) is 4.87. The molecule has 146 valence electrons. The predicted molar refractivity (Wildman–Crippen MR) is 112 cm³/mol. The number of carbonyl (C=O) groups excluding carboxylic acids is 2. The van der Waals surface area contributed by atoms with Crippen LogP contribution in [0.4, 0.5) is 11.4 Å². The van der Waals surface area contributed by atoms with Gasteiger partial charge in [0, 0.05) is 17.8 Å². The van der Waals surface area contributed by atoms with Crippen LogP contribution in [-0.2, 0) is 4.79 Å². The topological polar surface area (TPSA) is 58.6 Å². The Bertz CT molecular complexity index is 947. The zero-order valence-corrected chi connectivity index (χ0v) is 16.8. The SMILES string of the molecule is C=CCN1C(=O)C(C)(C)COc2ccc(NC(=O)c3cc(C)ccc3C)cc21. The maximum absolute atomic E-state index is 13.0. The van der Waals surface area contributed by atoms with Gasteiger partial charge in [-0.1, -0.05) is 23.8 Å². The maximum Gasteiger partial charge on any atom is 0.255 e. The second kappa shape index (κ2) is 7.50. The molecule has 5 nitrogen and oxygen atoms in total. The third kappa shape index (κ3) is 3.79. The van der Waals surface area contributed by atoms with Crippen LogP contribution in [0.2, 0.25) is 0 Å². The van der Waals surface area contributed by atoms with Gasteiger partial charge in [0.25, 0.3) is 5.91 Å². The van der Waals surface area contributed by atoms with Gasteiger partial charge in [-0.2, -0.15) is 0 Å². The number of benzene rings is 2. The highest BCUT2D eigenvalue weighted by atomic mass is 16.5. The van der Waals surface area contributed by atoms with Crippen molar-refractivity contribution >= 4 is 23.2 Å². The quantitative estimate of drug-likeness (QED) is 0.797. The van der Waals surface area contributed by atoms with Crippen molar-refractivity contribution in [1.29, 1.82) is 0 Å². The van der Waals surface area contributed by atoms with Gasteiger partial charge in [-0.3, -0.25) is 9.59 Å². The predicted octanol–water partition coefficient (Wildman–Crippen LogP) is 4.49. The van der Waals surface area contributed by atoms with Crippen LogP contribution in [-0.4, -0.2) is 25.0 Å². The van der Waals surface area contributed by atoms with E-state index < -0.39 is 5.41 Å². The summed E-state index contributed by atoms with van der Waals surface area (Å²) in [5.41, 5.74) is 3.15. The van der Waals surface area contributed by atoms with Crippen LogP contribution in [0.25, 0.3) is 0 Å². The highest BCUT2D eigenvalue weighted by Gasteiger charge is 2.37. The average Bonchev–Trinajstić information content (AvgIpc) is 2.74. The molecule has 1 heterocycles. The summed E-state index contributed by atoms with van der Waals surface area (Å²) in [6, 6.07) is 11.1. The van der Waals surface area contributed by atoms with E-state index in [0.717, 1.165) is 11.1 Å². The second-order valence-electron chi connectivity index (χ2n) is 7.83. The summed E-state index contributed by atoms with van der Waals surface area (Å²) in [6.07, 6.45) is 1.68. The van der Waals surface area contributed by atoms with E-state index in [1.165, 1.54) is 0 Å². The monoisotopic (exact) mass is 378 g/mol. The molecular weight excluding hydrogens is 352 g/mol. The molecule has 3 rings (SSSR count). The van der Waals surface area contributed by atoms with Crippen LogP contribution in [0.15, 0.2) is 49.1 Å². The molecule has 0 aromatic heterocycles. The van der Waals surface area contributed by atoms with Crippen molar-refractivity contribution in [2.45, 2.75) is 27.7 Å². The minimum atomic E-state index is -0.649. The lowest BCUT2D eigenvalue weighted by Crippen LogP contribution is -2.42. The van der Waals surface area contributed by atoms with Crippen LogP contribution in [0.5, 0.6) is 5.75 Å². The lowest BCUT2D eigenvalue weighted by molar-refractivity contribution is -0.127. The fourth-order valence-corrected chi connectivity index (χ4v) is 3.21. The van der Waals surface area contributed by atoms with Crippen LogP contribution in [0.3, 0.4) is 0 Å². The largest absolute Gasteiger partial charge is 0.490 e. The van der Waals surface area contributed by atoms with Crippen molar-refractivity contribution < 1.29 is 14.3 Å². The van der Waals surface area contributed by atoms with E-state index in [9.17, 15) is 9.59 Å². The van der Waals surface area contributed by atoms with E-state index in [1.807, 2.05) is 45.9 Å². The van der Waals surface area contributed by atoms with Crippen LogP contribution >= 0.6 is 0 Å². The molecule has 28 heavy (non-hydrogen) atoms. The molecule has 5 heteroatoms. The molecule has 0 saturated heterocycles. The molecule has 0 spiro atoms. The Kier molecular flexibility index (Phi) is 5.27. The van der Waals surface area contributed by atoms with Gasteiger partial charge in [-0.15, -0.1) is 6.58 Å². The first-order valence-electron chi connectivity index (χ1n) is 9.31. The highest BCUT2D eigenvalue weighted by molar-refractivity contribution is 6.06. The number of nitrogens with one attached hydrogen (secondary N) is 1. The number of rotatable bonds is 4. The van der Waals surface area contributed by atoms with E-state index in [-0.39, 0.29) is 11.8 Å². The Hall–Kier alpha value is -3.08. The summed E-state index contributed by atoms with van der Waals surface area (Å²) in [7, 11) is 0. The molecule has 0 fully saturated rings. The average molecular weight is 378 g/mol.